The van der Waals surface area contributed by atoms with E-state index in [9.17, 15) is 4.79 Å². The number of thioether (sulfide) groups is 1. The van der Waals surface area contributed by atoms with Crippen LogP contribution in [-0.2, 0) is 11.3 Å². The van der Waals surface area contributed by atoms with Crippen LogP contribution in [0.1, 0.15) is 49.2 Å². The Balaban J connectivity index is 1.38. The van der Waals surface area contributed by atoms with Crippen LogP contribution in [-0.4, -0.2) is 32.6 Å². The monoisotopic (exact) mass is 572 g/mol. The van der Waals surface area contributed by atoms with Gasteiger partial charge in [-0.1, -0.05) is 85.8 Å². The first-order chi connectivity index (χ1) is 19.3. The number of hydrazone groups is 1. The maximum Gasteiger partial charge on any atom is 0.250 e. The van der Waals surface area contributed by atoms with E-state index in [1.165, 1.54) is 17.3 Å². The fourth-order valence-electron chi connectivity index (χ4n) is 3.99. The summed E-state index contributed by atoms with van der Waals surface area (Å²) in [6.07, 6.45) is 3.67. The lowest BCUT2D eigenvalue weighted by Crippen LogP contribution is -2.20. The highest BCUT2D eigenvalue weighted by Gasteiger charge is 2.16. The summed E-state index contributed by atoms with van der Waals surface area (Å²) in [5.41, 5.74) is 8.86. The summed E-state index contributed by atoms with van der Waals surface area (Å²) >= 11 is 7.40. The molecule has 0 saturated heterocycles. The van der Waals surface area contributed by atoms with E-state index in [2.05, 4.69) is 64.2 Å². The third kappa shape index (κ3) is 8.07. The van der Waals surface area contributed by atoms with Crippen molar-refractivity contribution in [1.82, 2.24) is 20.2 Å². The molecule has 0 aliphatic heterocycles. The molecule has 1 heterocycles. The van der Waals surface area contributed by atoms with Gasteiger partial charge in [-0.05, 0) is 72.4 Å². The van der Waals surface area contributed by atoms with Crippen molar-refractivity contribution in [3.05, 3.63) is 106 Å². The van der Waals surface area contributed by atoms with E-state index >= 15 is 0 Å². The van der Waals surface area contributed by atoms with Crippen LogP contribution in [0.2, 0.25) is 5.02 Å². The third-order valence-electron chi connectivity index (χ3n) is 6.13. The van der Waals surface area contributed by atoms with Gasteiger partial charge in [0.15, 0.2) is 11.0 Å². The number of hydrogen-bond donors (Lipinski definition) is 2. The number of aromatic nitrogens is 3. The third-order valence-corrected chi connectivity index (χ3v) is 7.29. The average Bonchev–Trinajstić information content (AvgIpc) is 3.35. The molecule has 0 saturated carbocycles. The molecule has 0 aliphatic carbocycles. The Morgan fingerprint density at radius 3 is 2.52 bits per heavy atom. The fourth-order valence-corrected chi connectivity index (χ4v) is 4.98. The van der Waals surface area contributed by atoms with Gasteiger partial charge < -0.3 is 5.32 Å². The molecule has 0 unspecified atom stereocenters. The smallest absolute Gasteiger partial charge is 0.250 e. The molecular weight excluding hydrogens is 540 g/mol. The number of allylic oxidation sites excluding steroid dienone is 1. The van der Waals surface area contributed by atoms with Crippen LogP contribution in [0.5, 0.6) is 0 Å². The summed E-state index contributed by atoms with van der Waals surface area (Å²) in [7, 11) is 0. The minimum atomic E-state index is -0.227. The van der Waals surface area contributed by atoms with Crippen LogP contribution < -0.4 is 10.7 Å². The van der Waals surface area contributed by atoms with Crippen LogP contribution >= 0.6 is 23.4 Å². The van der Waals surface area contributed by atoms with Crippen LogP contribution in [0.15, 0.2) is 88.6 Å². The number of para-hydroxylation sites is 1. The second-order valence-electron chi connectivity index (χ2n) is 9.67. The Morgan fingerprint density at radius 1 is 1.07 bits per heavy atom. The van der Waals surface area contributed by atoms with E-state index in [-0.39, 0.29) is 11.7 Å². The second-order valence-corrected chi connectivity index (χ2v) is 11.1. The normalized spacial score (nSPS) is 11.8. The zero-order valence-corrected chi connectivity index (χ0v) is 24.6. The maximum atomic E-state index is 12.5. The average molecular weight is 573 g/mol. The minimum Gasteiger partial charge on any atom is -0.378 e. The second kappa shape index (κ2) is 14.0. The predicted molar refractivity (Wildman–Crippen MR) is 166 cm³/mol. The number of amides is 1. The number of aryl methyl sites for hydroxylation is 1. The van der Waals surface area contributed by atoms with Crippen molar-refractivity contribution >= 4 is 47.2 Å². The first-order valence-electron chi connectivity index (χ1n) is 13.0. The Kier molecular flexibility index (Phi) is 10.2. The topological polar surface area (TPSA) is 84.2 Å². The first kappa shape index (κ1) is 29.1. The Morgan fingerprint density at radius 2 is 1.82 bits per heavy atom. The summed E-state index contributed by atoms with van der Waals surface area (Å²) in [6, 6.07) is 24.0. The number of carbonyl (C=O) groups excluding carboxylic acids is 1. The molecule has 0 aliphatic rings. The van der Waals surface area contributed by atoms with Crippen molar-refractivity contribution < 1.29 is 4.79 Å². The summed E-state index contributed by atoms with van der Waals surface area (Å²) in [6.45, 7) is 8.75. The number of benzene rings is 3. The number of nitrogens with one attached hydrogen (secondary N) is 2. The summed E-state index contributed by atoms with van der Waals surface area (Å²) in [4.78, 5) is 12.5. The zero-order valence-electron chi connectivity index (χ0n) is 23.1. The van der Waals surface area contributed by atoms with Gasteiger partial charge in [0.25, 0.3) is 5.91 Å². The standard InChI is InChI=1S/C31H33ClN6OS/c1-21(2)25-12-10-24(11-13-25)16-22(3)18-34-36-30(39)20-40-31-37-35-29(38(31)27-8-6-5-7-9-27)19-33-28-15-14-26(32)17-23(28)4/h5-18,21,33H,19-20H2,1-4H3,(H,36,39)/b22-16+,34-18-. The lowest BCUT2D eigenvalue weighted by molar-refractivity contribution is -0.118. The predicted octanol–water partition coefficient (Wildman–Crippen LogP) is 7.26. The molecule has 3 aromatic carbocycles. The number of rotatable bonds is 11. The molecule has 4 aromatic rings. The number of carbonyl (C=O) groups is 1. The molecule has 0 radical (unpaired) electrons. The van der Waals surface area contributed by atoms with Gasteiger partial charge in [-0.3, -0.25) is 9.36 Å². The quantitative estimate of drug-likeness (QED) is 0.112. The summed E-state index contributed by atoms with van der Waals surface area (Å²) in [5.74, 6) is 1.14. The Hall–Kier alpha value is -3.88. The highest BCUT2D eigenvalue weighted by molar-refractivity contribution is 7.99. The van der Waals surface area contributed by atoms with E-state index in [0.717, 1.165) is 33.9 Å². The molecular formula is C31H33ClN6OS. The largest absolute Gasteiger partial charge is 0.378 e. The highest BCUT2D eigenvalue weighted by Crippen LogP contribution is 2.24. The molecule has 0 fully saturated rings. The first-order valence-corrected chi connectivity index (χ1v) is 14.4. The molecule has 0 bridgehead atoms. The lowest BCUT2D eigenvalue weighted by Gasteiger charge is -2.12. The molecule has 4 rings (SSSR count). The van der Waals surface area contributed by atoms with Crippen molar-refractivity contribution in [2.45, 2.75) is 45.3 Å². The van der Waals surface area contributed by atoms with Crippen molar-refractivity contribution in [2.75, 3.05) is 11.1 Å². The Labute approximate surface area is 244 Å². The van der Waals surface area contributed by atoms with Crippen LogP contribution in [0.3, 0.4) is 0 Å². The van der Waals surface area contributed by atoms with E-state index < -0.39 is 0 Å². The molecule has 0 atom stereocenters. The van der Waals surface area contributed by atoms with Gasteiger partial charge >= 0.3 is 0 Å². The minimum absolute atomic E-state index is 0.144. The maximum absolute atomic E-state index is 12.5. The van der Waals surface area contributed by atoms with Gasteiger partial charge in [0.2, 0.25) is 0 Å². The van der Waals surface area contributed by atoms with E-state index in [1.54, 1.807) is 6.21 Å². The highest BCUT2D eigenvalue weighted by atomic mass is 35.5. The van der Waals surface area contributed by atoms with Gasteiger partial charge in [0.1, 0.15) is 0 Å². The summed E-state index contributed by atoms with van der Waals surface area (Å²) < 4.78 is 1.96. The molecule has 1 aromatic heterocycles. The number of halogens is 1. The fraction of sp³-hybridized carbons (Fsp3) is 0.226. The van der Waals surface area contributed by atoms with Gasteiger partial charge in [0.05, 0.1) is 18.5 Å². The van der Waals surface area contributed by atoms with E-state index in [1.807, 2.05) is 73.0 Å². The van der Waals surface area contributed by atoms with Gasteiger partial charge in [-0.25, -0.2) is 5.43 Å². The molecule has 1 amide bonds. The van der Waals surface area contributed by atoms with Crippen molar-refractivity contribution in [3.63, 3.8) is 0 Å². The molecule has 2 N–H and O–H groups in total. The number of anilines is 1. The molecule has 206 valence electrons. The number of nitrogens with zero attached hydrogens (tertiary/aromatic N) is 4. The molecule has 40 heavy (non-hydrogen) atoms. The zero-order chi connectivity index (χ0) is 28.5. The van der Waals surface area contributed by atoms with Gasteiger partial charge in [0, 0.05) is 16.4 Å². The lowest BCUT2D eigenvalue weighted by atomic mass is 10.0. The molecule has 9 heteroatoms. The molecule has 0 spiro atoms. The Bertz CT molecular complexity index is 1500. The number of hydrogen-bond acceptors (Lipinski definition) is 6. The van der Waals surface area contributed by atoms with Crippen molar-refractivity contribution in [3.8, 4) is 5.69 Å². The van der Waals surface area contributed by atoms with Crippen LogP contribution in [0, 0.1) is 6.92 Å². The molecule has 7 nitrogen and oxygen atoms in total. The van der Waals surface area contributed by atoms with Crippen LogP contribution in [0.25, 0.3) is 11.8 Å². The SMILES string of the molecule is CC(/C=N\NC(=O)CSc1nnc(CNc2ccc(Cl)cc2C)n1-c1ccccc1)=C\c1ccc(C(C)C)cc1. The van der Waals surface area contributed by atoms with E-state index in [4.69, 9.17) is 11.6 Å². The van der Waals surface area contributed by atoms with Crippen LogP contribution in [0.4, 0.5) is 5.69 Å². The van der Waals surface area contributed by atoms with E-state index in [0.29, 0.717) is 22.6 Å². The van der Waals surface area contributed by atoms with Crippen molar-refractivity contribution in [2.24, 2.45) is 5.10 Å². The van der Waals surface area contributed by atoms with Gasteiger partial charge in [-0.15, -0.1) is 10.2 Å². The van der Waals surface area contributed by atoms with Crippen molar-refractivity contribution in [1.29, 1.82) is 0 Å². The van der Waals surface area contributed by atoms with Gasteiger partial charge in [-0.2, -0.15) is 5.10 Å². The summed E-state index contributed by atoms with van der Waals surface area (Å²) in [5, 5.41) is 17.6.